The molecule has 1 saturated heterocycles. The summed E-state index contributed by atoms with van der Waals surface area (Å²) in [6.07, 6.45) is 0.974. The molecular formula is C27H30FN5O4. The minimum atomic E-state index is -0.572. The van der Waals surface area contributed by atoms with Crippen molar-refractivity contribution in [3.05, 3.63) is 47.0 Å². The first-order valence-electron chi connectivity index (χ1n) is 12.2. The first-order valence-corrected chi connectivity index (χ1v) is 12.2. The van der Waals surface area contributed by atoms with Crippen molar-refractivity contribution in [2.75, 3.05) is 38.2 Å². The second-order valence-electron chi connectivity index (χ2n) is 10.3. The summed E-state index contributed by atoms with van der Waals surface area (Å²) in [6.45, 7) is 9.62. The number of nitrogens with zero attached hydrogens (tertiary/aromatic N) is 4. The van der Waals surface area contributed by atoms with E-state index >= 15 is 4.39 Å². The molecule has 1 fully saturated rings. The fraction of sp³-hybridized carbons (Fsp3) is 0.407. The molecular weight excluding hydrogens is 477 g/mol. The highest BCUT2D eigenvalue weighted by Gasteiger charge is 2.31. The Morgan fingerprint density at radius 1 is 1.11 bits per heavy atom. The van der Waals surface area contributed by atoms with E-state index in [0.717, 1.165) is 11.1 Å². The van der Waals surface area contributed by atoms with Gasteiger partial charge in [-0.3, -0.25) is 4.79 Å². The Bertz CT molecular complexity index is 1410. The van der Waals surface area contributed by atoms with Gasteiger partial charge in [0.2, 0.25) is 0 Å². The third-order valence-corrected chi connectivity index (χ3v) is 6.68. The van der Waals surface area contributed by atoms with Crippen molar-refractivity contribution in [1.82, 2.24) is 20.2 Å². The van der Waals surface area contributed by atoms with Crippen LogP contribution in [0.2, 0.25) is 0 Å². The van der Waals surface area contributed by atoms with Crippen LogP contribution in [0.25, 0.3) is 22.0 Å². The molecule has 0 aliphatic carbocycles. The van der Waals surface area contributed by atoms with Crippen molar-refractivity contribution >= 4 is 28.7 Å². The molecule has 0 spiro atoms. The largest absolute Gasteiger partial charge is 0.496 e. The third kappa shape index (κ3) is 4.41. The number of carbonyl (C=O) groups excluding carboxylic acids is 2. The number of piperazine rings is 1. The molecule has 2 aliphatic heterocycles. The molecule has 3 heterocycles. The molecule has 3 aromatic rings. The van der Waals surface area contributed by atoms with Gasteiger partial charge in [-0.25, -0.2) is 19.2 Å². The average molecular weight is 508 g/mol. The van der Waals surface area contributed by atoms with Gasteiger partial charge in [0.1, 0.15) is 29.0 Å². The standard InChI is InChI=1S/C27H30FN5O4/c1-15-6-7-16-13-29-25(34)20(16)19(15)17-12-18(36-5)21-23(22(17)28)30-14-31-24(21)32-8-10-33(11-9-32)26(35)37-27(2,3)4/h6-7,12,14H,8-11,13H2,1-5H3,(H,29,34). The zero-order valence-corrected chi connectivity index (χ0v) is 21.6. The SMILES string of the molecule is COc1cc(-c2c(C)ccc3c2C(=O)NC3)c(F)c2ncnc(N3CCN(C(=O)OC(C)(C)C)CC3)c12. The highest BCUT2D eigenvalue weighted by Crippen LogP contribution is 2.42. The molecule has 2 aromatic carbocycles. The zero-order chi connectivity index (χ0) is 26.5. The lowest BCUT2D eigenvalue weighted by atomic mass is 9.91. The van der Waals surface area contributed by atoms with Crippen molar-refractivity contribution in [1.29, 1.82) is 0 Å². The van der Waals surface area contributed by atoms with Crippen LogP contribution < -0.4 is 15.0 Å². The lowest BCUT2D eigenvalue weighted by Gasteiger charge is -2.36. The molecule has 2 amide bonds. The first kappa shape index (κ1) is 24.7. The van der Waals surface area contributed by atoms with Crippen LogP contribution in [0.3, 0.4) is 0 Å². The van der Waals surface area contributed by atoms with Crippen LogP contribution in [-0.2, 0) is 11.3 Å². The summed E-state index contributed by atoms with van der Waals surface area (Å²) in [7, 11) is 1.52. The van der Waals surface area contributed by atoms with E-state index < -0.39 is 11.4 Å². The number of aryl methyl sites for hydroxylation is 1. The van der Waals surface area contributed by atoms with E-state index in [-0.39, 0.29) is 23.1 Å². The second kappa shape index (κ2) is 9.17. The molecule has 37 heavy (non-hydrogen) atoms. The number of ether oxygens (including phenoxy) is 2. The number of fused-ring (bicyclic) bond motifs is 2. The van der Waals surface area contributed by atoms with Gasteiger partial charge < -0.3 is 24.6 Å². The van der Waals surface area contributed by atoms with Crippen LogP contribution in [0, 0.1) is 12.7 Å². The van der Waals surface area contributed by atoms with E-state index in [0.29, 0.717) is 60.8 Å². The van der Waals surface area contributed by atoms with E-state index in [4.69, 9.17) is 9.47 Å². The number of rotatable bonds is 3. The predicted molar refractivity (Wildman–Crippen MR) is 137 cm³/mol. The molecule has 194 valence electrons. The van der Waals surface area contributed by atoms with Crippen molar-refractivity contribution in [3.63, 3.8) is 0 Å². The monoisotopic (exact) mass is 507 g/mol. The topological polar surface area (TPSA) is 96.9 Å². The zero-order valence-electron chi connectivity index (χ0n) is 21.6. The Hall–Kier alpha value is -3.95. The summed E-state index contributed by atoms with van der Waals surface area (Å²) < 4.78 is 27.4. The maximum Gasteiger partial charge on any atom is 0.410 e. The van der Waals surface area contributed by atoms with Gasteiger partial charge in [-0.2, -0.15) is 0 Å². The summed E-state index contributed by atoms with van der Waals surface area (Å²) in [5.41, 5.74) is 2.43. The second-order valence-corrected chi connectivity index (χ2v) is 10.3. The Balaban J connectivity index is 1.54. The Kier molecular flexibility index (Phi) is 6.13. The van der Waals surface area contributed by atoms with Gasteiger partial charge in [0.15, 0.2) is 5.82 Å². The van der Waals surface area contributed by atoms with Gasteiger partial charge in [-0.15, -0.1) is 0 Å². The van der Waals surface area contributed by atoms with Gasteiger partial charge in [-0.05, 0) is 44.9 Å². The average Bonchev–Trinajstić information content (AvgIpc) is 3.24. The third-order valence-electron chi connectivity index (χ3n) is 6.68. The van der Waals surface area contributed by atoms with Gasteiger partial charge in [0.05, 0.1) is 18.1 Å². The number of benzene rings is 2. The number of aromatic nitrogens is 2. The molecule has 1 N–H and O–H groups in total. The maximum absolute atomic E-state index is 16.2. The van der Waals surface area contributed by atoms with E-state index in [1.807, 2.05) is 44.7 Å². The molecule has 0 atom stereocenters. The minimum Gasteiger partial charge on any atom is -0.496 e. The van der Waals surface area contributed by atoms with Crippen molar-refractivity contribution in [2.24, 2.45) is 0 Å². The van der Waals surface area contributed by atoms with Gasteiger partial charge in [-0.1, -0.05) is 12.1 Å². The number of anilines is 1. The normalized spacial score (nSPS) is 15.6. The van der Waals surface area contributed by atoms with Crippen LogP contribution in [-0.4, -0.2) is 65.8 Å². The predicted octanol–water partition coefficient (Wildman–Crippen LogP) is 4.05. The van der Waals surface area contributed by atoms with Crippen LogP contribution in [0.5, 0.6) is 5.75 Å². The molecule has 0 bridgehead atoms. The van der Waals surface area contributed by atoms with E-state index in [1.165, 1.54) is 13.4 Å². The van der Waals surface area contributed by atoms with E-state index in [2.05, 4.69) is 15.3 Å². The fourth-order valence-electron chi connectivity index (χ4n) is 4.94. The van der Waals surface area contributed by atoms with Crippen molar-refractivity contribution in [3.8, 4) is 16.9 Å². The van der Waals surface area contributed by atoms with E-state index in [1.54, 1.807) is 11.0 Å². The first-order chi connectivity index (χ1) is 17.6. The van der Waals surface area contributed by atoms with Gasteiger partial charge >= 0.3 is 6.09 Å². The maximum atomic E-state index is 16.2. The highest BCUT2D eigenvalue weighted by molar-refractivity contribution is 6.07. The summed E-state index contributed by atoms with van der Waals surface area (Å²) >= 11 is 0. The summed E-state index contributed by atoms with van der Waals surface area (Å²) in [6, 6.07) is 5.40. The smallest absolute Gasteiger partial charge is 0.410 e. The molecule has 0 saturated carbocycles. The number of hydrogen-bond acceptors (Lipinski definition) is 7. The van der Waals surface area contributed by atoms with E-state index in [9.17, 15) is 9.59 Å². The number of halogens is 1. The minimum absolute atomic E-state index is 0.115. The highest BCUT2D eigenvalue weighted by atomic mass is 19.1. The number of carbonyl (C=O) groups is 2. The molecule has 10 heteroatoms. The molecule has 9 nitrogen and oxygen atoms in total. The van der Waals surface area contributed by atoms with Gasteiger partial charge in [0.25, 0.3) is 5.91 Å². The molecule has 0 unspecified atom stereocenters. The Morgan fingerprint density at radius 3 is 2.51 bits per heavy atom. The number of nitrogens with one attached hydrogen (secondary N) is 1. The summed E-state index contributed by atoms with van der Waals surface area (Å²) in [4.78, 5) is 37.5. The lowest BCUT2D eigenvalue weighted by Crippen LogP contribution is -2.50. The van der Waals surface area contributed by atoms with Crippen LogP contribution in [0.4, 0.5) is 15.0 Å². The summed E-state index contributed by atoms with van der Waals surface area (Å²) in [5.74, 6) is 0.178. The Morgan fingerprint density at radius 2 is 1.84 bits per heavy atom. The number of methoxy groups -OCH3 is 1. The van der Waals surface area contributed by atoms with Crippen LogP contribution in [0.15, 0.2) is 24.5 Å². The number of hydrogen-bond donors (Lipinski definition) is 1. The number of amides is 2. The quantitative estimate of drug-likeness (QED) is 0.571. The lowest BCUT2D eigenvalue weighted by molar-refractivity contribution is 0.0240. The van der Waals surface area contributed by atoms with Gasteiger partial charge in [0, 0.05) is 43.9 Å². The molecule has 2 aliphatic rings. The molecule has 1 aromatic heterocycles. The fourth-order valence-corrected chi connectivity index (χ4v) is 4.94. The van der Waals surface area contributed by atoms with Crippen LogP contribution in [0.1, 0.15) is 42.3 Å². The molecule has 0 radical (unpaired) electrons. The molecule has 5 rings (SSSR count). The van der Waals surface area contributed by atoms with Crippen molar-refractivity contribution < 1.29 is 23.5 Å². The van der Waals surface area contributed by atoms with Crippen LogP contribution >= 0.6 is 0 Å². The Labute approximate surface area is 214 Å². The van der Waals surface area contributed by atoms with Crippen molar-refractivity contribution in [2.45, 2.75) is 39.8 Å². The summed E-state index contributed by atoms with van der Waals surface area (Å²) in [5, 5.41) is 3.27.